The van der Waals surface area contributed by atoms with Crippen LogP contribution in [-0.2, 0) is 17.1 Å². The van der Waals surface area contributed by atoms with Gasteiger partial charge in [-0.15, -0.1) is 4.68 Å². The number of aromatic nitrogens is 2. The first-order valence-electron chi connectivity index (χ1n) is 10.4. The molecule has 1 aromatic heterocycles. The van der Waals surface area contributed by atoms with Crippen LogP contribution in [0.1, 0.15) is 41.5 Å². The van der Waals surface area contributed by atoms with E-state index in [1.807, 2.05) is 13.1 Å². The van der Waals surface area contributed by atoms with Gasteiger partial charge in [0.2, 0.25) is 15.2 Å². The molecule has 0 aliphatic heterocycles. The van der Waals surface area contributed by atoms with Crippen molar-refractivity contribution in [1.82, 2.24) is 5.10 Å². The van der Waals surface area contributed by atoms with E-state index in [4.69, 9.17) is 0 Å². The van der Waals surface area contributed by atoms with Crippen molar-refractivity contribution in [2.24, 2.45) is 17.3 Å². The van der Waals surface area contributed by atoms with Gasteiger partial charge in [0, 0.05) is 30.9 Å². The van der Waals surface area contributed by atoms with E-state index in [9.17, 15) is 8.42 Å². The highest BCUT2D eigenvalue weighted by atomic mass is 32.2. The summed E-state index contributed by atoms with van der Waals surface area (Å²) in [5.41, 5.74) is 1.76. The van der Waals surface area contributed by atoms with Gasteiger partial charge < -0.3 is 9.80 Å². The molecule has 1 heterocycles. The summed E-state index contributed by atoms with van der Waals surface area (Å²) in [4.78, 5) is 4.36. The largest absolute Gasteiger partial charge is 0.431 e. The van der Waals surface area contributed by atoms with Gasteiger partial charge in [-0.25, -0.2) is 8.42 Å². The number of hydrogen-bond donors (Lipinski definition) is 1. The van der Waals surface area contributed by atoms with Crippen molar-refractivity contribution < 1.29 is 13.1 Å². The molecule has 0 saturated heterocycles. The molecule has 1 N–H and O–H groups in total. The van der Waals surface area contributed by atoms with Gasteiger partial charge >= 0.3 is 5.13 Å². The zero-order valence-corrected chi connectivity index (χ0v) is 21.3. The molecule has 0 bridgehead atoms. The zero-order chi connectivity index (χ0) is 23.3. The Morgan fingerprint density at radius 1 is 1.13 bits per heavy atom. The zero-order valence-electron chi connectivity index (χ0n) is 19.6. The van der Waals surface area contributed by atoms with Crippen LogP contribution in [0.25, 0.3) is 0 Å². The Morgan fingerprint density at radius 2 is 1.74 bits per heavy atom. The molecule has 0 saturated carbocycles. The summed E-state index contributed by atoms with van der Waals surface area (Å²) in [5, 5.41) is 14.8. The number of nitrogens with zero attached hydrogens (tertiary/aromatic N) is 6. The standard InChI is InChI=1S/C20H33N7O2S2/c1-9-26(10-2)16-11-12-17(18(13-16)24-31(8,28)29)21-22-19-25(7)23-20(30-19)27(14(3)4)15(5)6/h11-15H,9-10H2,1-8H3/p+1. The van der Waals surface area contributed by atoms with Crippen molar-refractivity contribution in [2.75, 3.05) is 33.9 Å². The maximum Gasteiger partial charge on any atom is 0.431 e. The van der Waals surface area contributed by atoms with Gasteiger partial charge in [0.15, 0.2) is 0 Å². The summed E-state index contributed by atoms with van der Waals surface area (Å²) >= 11 is 1.45. The normalized spacial score (nSPS) is 12.2. The average molecular weight is 469 g/mol. The molecule has 2 rings (SSSR count). The molecule has 0 unspecified atom stereocenters. The maximum absolute atomic E-state index is 11.9. The minimum atomic E-state index is -3.46. The molecule has 0 aliphatic carbocycles. The lowest BCUT2D eigenvalue weighted by molar-refractivity contribution is -0.712. The van der Waals surface area contributed by atoms with Crippen LogP contribution in [0, 0.1) is 0 Å². The van der Waals surface area contributed by atoms with Gasteiger partial charge in [-0.2, -0.15) is 0 Å². The lowest BCUT2D eigenvalue weighted by Crippen LogP contribution is -2.39. The quantitative estimate of drug-likeness (QED) is 0.416. The molecule has 9 nitrogen and oxygen atoms in total. The number of rotatable bonds is 10. The number of benzene rings is 1. The molecule has 0 aliphatic rings. The van der Waals surface area contributed by atoms with Crippen molar-refractivity contribution in [3.63, 3.8) is 0 Å². The van der Waals surface area contributed by atoms with E-state index in [1.54, 1.807) is 16.8 Å². The number of azo groups is 1. The van der Waals surface area contributed by atoms with Crippen LogP contribution in [0.3, 0.4) is 0 Å². The molecule has 31 heavy (non-hydrogen) atoms. The Kier molecular flexibility index (Phi) is 8.35. The van der Waals surface area contributed by atoms with Crippen LogP contribution in [0.4, 0.5) is 27.3 Å². The second-order valence-electron chi connectivity index (χ2n) is 7.83. The van der Waals surface area contributed by atoms with Crippen molar-refractivity contribution in [3.8, 4) is 0 Å². The lowest BCUT2D eigenvalue weighted by atomic mass is 10.2. The second-order valence-corrected chi connectivity index (χ2v) is 10.5. The van der Waals surface area contributed by atoms with Crippen LogP contribution >= 0.6 is 11.3 Å². The minimum Gasteiger partial charge on any atom is -0.372 e. The topological polar surface area (TPSA) is 94.1 Å². The summed E-state index contributed by atoms with van der Waals surface area (Å²) in [5.74, 6) is 0. The minimum absolute atomic E-state index is 0.300. The Bertz CT molecular complexity index is 1000. The van der Waals surface area contributed by atoms with Crippen molar-refractivity contribution in [3.05, 3.63) is 18.2 Å². The first kappa shape index (κ1) is 25.0. The summed E-state index contributed by atoms with van der Waals surface area (Å²) in [6, 6.07) is 6.09. The smallest absolute Gasteiger partial charge is 0.372 e. The molecule has 0 amide bonds. The fourth-order valence-corrected chi connectivity index (χ4v) is 5.01. The van der Waals surface area contributed by atoms with E-state index >= 15 is 0 Å². The Hall–Kier alpha value is -2.27. The number of hydrogen-bond acceptors (Lipinski definition) is 8. The molecule has 0 fully saturated rings. The van der Waals surface area contributed by atoms with Crippen molar-refractivity contribution >= 4 is 48.7 Å². The first-order chi connectivity index (χ1) is 14.5. The van der Waals surface area contributed by atoms with E-state index in [1.165, 1.54) is 11.3 Å². The van der Waals surface area contributed by atoms with Crippen LogP contribution in [-0.4, -0.2) is 44.9 Å². The van der Waals surface area contributed by atoms with Gasteiger partial charge in [0.05, 0.1) is 17.1 Å². The molecule has 11 heteroatoms. The molecule has 2 aromatic rings. The van der Waals surface area contributed by atoms with Crippen LogP contribution < -0.4 is 19.2 Å². The van der Waals surface area contributed by atoms with Gasteiger partial charge in [-0.05, 0) is 76.2 Å². The number of sulfonamides is 1. The maximum atomic E-state index is 11.9. The first-order valence-corrected chi connectivity index (χ1v) is 13.1. The van der Waals surface area contributed by atoms with E-state index in [2.05, 4.69) is 71.4 Å². The highest BCUT2D eigenvalue weighted by molar-refractivity contribution is 7.92. The molecular formula is C20H34N7O2S2+. The third-order valence-corrected chi connectivity index (χ3v) is 6.27. The van der Waals surface area contributed by atoms with Gasteiger partial charge in [0.1, 0.15) is 12.7 Å². The van der Waals surface area contributed by atoms with E-state index in [-0.39, 0.29) is 0 Å². The highest BCUT2D eigenvalue weighted by Gasteiger charge is 2.24. The van der Waals surface area contributed by atoms with Crippen molar-refractivity contribution in [1.29, 1.82) is 0 Å². The van der Waals surface area contributed by atoms with Crippen LogP contribution in [0.5, 0.6) is 0 Å². The fraction of sp³-hybridized carbons (Fsp3) is 0.600. The van der Waals surface area contributed by atoms with Gasteiger partial charge in [0.25, 0.3) is 0 Å². The molecule has 1 aromatic carbocycles. The van der Waals surface area contributed by atoms with E-state index < -0.39 is 10.0 Å². The lowest BCUT2D eigenvalue weighted by Gasteiger charge is -2.28. The predicted octanol–water partition coefficient (Wildman–Crippen LogP) is 4.22. The Labute approximate surface area is 189 Å². The molecule has 0 spiro atoms. The third-order valence-electron chi connectivity index (χ3n) is 4.68. The molecule has 172 valence electrons. The number of aryl methyl sites for hydroxylation is 1. The van der Waals surface area contributed by atoms with Crippen LogP contribution in [0.2, 0.25) is 0 Å². The molecular weight excluding hydrogens is 434 g/mol. The number of anilines is 3. The predicted molar refractivity (Wildman–Crippen MR) is 129 cm³/mol. The fourth-order valence-electron chi connectivity index (χ4n) is 3.34. The van der Waals surface area contributed by atoms with Gasteiger partial charge in [-0.3, -0.25) is 4.72 Å². The van der Waals surface area contributed by atoms with E-state index in [0.717, 1.165) is 30.2 Å². The summed E-state index contributed by atoms with van der Waals surface area (Å²) in [6.45, 7) is 14.3. The second kappa shape index (κ2) is 10.4. The average Bonchev–Trinajstić information content (AvgIpc) is 3.00. The van der Waals surface area contributed by atoms with Crippen LogP contribution in [0.15, 0.2) is 28.4 Å². The third kappa shape index (κ3) is 6.60. The Balaban J connectivity index is 2.43. The summed E-state index contributed by atoms with van der Waals surface area (Å²) < 4.78 is 28.0. The molecule has 0 radical (unpaired) electrons. The van der Waals surface area contributed by atoms with Gasteiger partial charge in [-0.1, -0.05) is 5.10 Å². The highest BCUT2D eigenvalue weighted by Crippen LogP contribution is 2.33. The summed E-state index contributed by atoms with van der Waals surface area (Å²) in [7, 11) is -1.64. The van der Waals surface area contributed by atoms with E-state index in [0.29, 0.717) is 28.6 Å². The monoisotopic (exact) mass is 468 g/mol. The number of nitrogens with one attached hydrogen (secondary N) is 1. The SMILES string of the molecule is CCN(CC)c1ccc(N=Nc2sc(N(C(C)C)C(C)C)n[n+]2C)c(NS(C)(=O)=O)c1. The Morgan fingerprint density at radius 3 is 2.26 bits per heavy atom. The van der Waals surface area contributed by atoms with Crippen molar-refractivity contribution in [2.45, 2.75) is 53.6 Å². The summed E-state index contributed by atoms with van der Waals surface area (Å²) in [6.07, 6.45) is 1.12. The molecule has 0 atom stereocenters.